The summed E-state index contributed by atoms with van der Waals surface area (Å²) in [5.74, 6) is -0.602. The number of benzene rings is 1. The monoisotopic (exact) mass is 317 g/mol. The average Bonchev–Trinajstić information content (AvgIpc) is 2.37. The first-order valence-electron chi connectivity index (χ1n) is 5.87. The van der Waals surface area contributed by atoms with Gasteiger partial charge in [-0.1, -0.05) is 20.3 Å². The maximum atomic E-state index is 13.0. The maximum absolute atomic E-state index is 13.0. The Balaban J connectivity index is 2.58. The van der Waals surface area contributed by atoms with Crippen molar-refractivity contribution in [3.8, 4) is 0 Å². The minimum absolute atomic E-state index is 0.130. The number of aliphatic hydroxyl groups is 1. The van der Waals surface area contributed by atoms with Gasteiger partial charge in [0.05, 0.1) is 10.6 Å². The van der Waals surface area contributed by atoms with Gasteiger partial charge in [0, 0.05) is 12.1 Å². The first-order chi connectivity index (χ1) is 8.45. The zero-order chi connectivity index (χ0) is 13.7. The van der Waals surface area contributed by atoms with Gasteiger partial charge in [-0.15, -0.1) is 0 Å². The van der Waals surface area contributed by atoms with Crippen LogP contribution in [0.25, 0.3) is 0 Å². The lowest BCUT2D eigenvalue weighted by molar-refractivity contribution is 0.0850. The molecular weight excluding hydrogens is 301 g/mol. The Labute approximate surface area is 115 Å². The van der Waals surface area contributed by atoms with Gasteiger partial charge in [-0.3, -0.25) is 4.79 Å². The van der Waals surface area contributed by atoms with E-state index >= 15 is 0 Å². The molecule has 0 bridgehead atoms. The SMILES string of the molecule is CCC(C)C(O)CNC(=O)c1ccc(F)c(Br)c1. The molecule has 5 heteroatoms. The third kappa shape index (κ3) is 4.07. The van der Waals surface area contributed by atoms with Crippen LogP contribution in [0.5, 0.6) is 0 Å². The molecule has 1 amide bonds. The van der Waals surface area contributed by atoms with Crippen LogP contribution in [-0.2, 0) is 0 Å². The number of rotatable bonds is 5. The highest BCUT2D eigenvalue weighted by Gasteiger charge is 2.14. The quantitative estimate of drug-likeness (QED) is 0.877. The molecule has 1 aromatic carbocycles. The summed E-state index contributed by atoms with van der Waals surface area (Å²) in [6, 6.07) is 4.05. The second-order valence-corrected chi connectivity index (χ2v) is 5.15. The molecule has 0 aromatic heterocycles. The highest BCUT2D eigenvalue weighted by Crippen LogP contribution is 2.16. The van der Waals surface area contributed by atoms with Gasteiger partial charge in [0.2, 0.25) is 0 Å². The van der Waals surface area contributed by atoms with Crippen molar-refractivity contribution >= 4 is 21.8 Å². The van der Waals surface area contributed by atoms with Crippen LogP contribution < -0.4 is 5.32 Å². The van der Waals surface area contributed by atoms with E-state index in [0.717, 1.165) is 6.42 Å². The lowest BCUT2D eigenvalue weighted by atomic mass is 10.0. The molecule has 0 saturated carbocycles. The minimum Gasteiger partial charge on any atom is -0.391 e. The Morgan fingerprint density at radius 3 is 2.78 bits per heavy atom. The minimum atomic E-state index is -0.567. The number of carbonyl (C=O) groups excluding carboxylic acids is 1. The second-order valence-electron chi connectivity index (χ2n) is 4.29. The molecule has 18 heavy (non-hydrogen) atoms. The van der Waals surface area contributed by atoms with Gasteiger partial charge >= 0.3 is 0 Å². The predicted molar refractivity (Wildman–Crippen MR) is 71.9 cm³/mol. The van der Waals surface area contributed by atoms with E-state index in [1.54, 1.807) is 0 Å². The van der Waals surface area contributed by atoms with E-state index in [0.29, 0.717) is 5.56 Å². The highest BCUT2D eigenvalue weighted by molar-refractivity contribution is 9.10. The molecule has 0 aliphatic rings. The van der Waals surface area contributed by atoms with Gasteiger partial charge in [0.25, 0.3) is 5.91 Å². The Hall–Kier alpha value is -0.940. The van der Waals surface area contributed by atoms with E-state index in [9.17, 15) is 14.3 Å². The number of halogens is 2. The molecule has 3 nitrogen and oxygen atoms in total. The van der Waals surface area contributed by atoms with Crippen molar-refractivity contribution in [1.82, 2.24) is 5.32 Å². The molecule has 2 atom stereocenters. The van der Waals surface area contributed by atoms with Crippen molar-refractivity contribution < 1.29 is 14.3 Å². The molecule has 0 aliphatic heterocycles. The van der Waals surface area contributed by atoms with E-state index < -0.39 is 11.9 Å². The summed E-state index contributed by atoms with van der Waals surface area (Å²) >= 11 is 3.02. The average molecular weight is 318 g/mol. The standard InChI is InChI=1S/C13H17BrFNO2/c1-3-8(2)12(17)7-16-13(18)9-4-5-11(15)10(14)6-9/h4-6,8,12,17H,3,7H2,1-2H3,(H,16,18). The van der Waals surface area contributed by atoms with Crippen molar-refractivity contribution in [2.45, 2.75) is 26.4 Å². The zero-order valence-corrected chi connectivity index (χ0v) is 12.0. The van der Waals surface area contributed by atoms with E-state index in [-0.39, 0.29) is 22.8 Å². The Morgan fingerprint density at radius 1 is 1.56 bits per heavy atom. The number of hydrogen-bond acceptors (Lipinski definition) is 2. The molecule has 0 aliphatic carbocycles. The third-order valence-electron chi connectivity index (χ3n) is 2.95. The molecule has 0 saturated heterocycles. The Kier molecular flexibility index (Phi) is 5.75. The van der Waals surface area contributed by atoms with Gasteiger partial charge in [0.1, 0.15) is 5.82 Å². The first kappa shape index (κ1) is 15.1. The van der Waals surface area contributed by atoms with Crippen LogP contribution in [0, 0.1) is 11.7 Å². The smallest absolute Gasteiger partial charge is 0.251 e. The van der Waals surface area contributed by atoms with Crippen LogP contribution in [0.15, 0.2) is 22.7 Å². The van der Waals surface area contributed by atoms with Crippen LogP contribution in [0.4, 0.5) is 4.39 Å². The summed E-state index contributed by atoms with van der Waals surface area (Å²) in [7, 11) is 0. The van der Waals surface area contributed by atoms with Crippen molar-refractivity contribution in [2.75, 3.05) is 6.54 Å². The Morgan fingerprint density at radius 2 is 2.22 bits per heavy atom. The van der Waals surface area contributed by atoms with Gasteiger partial charge in [-0.2, -0.15) is 0 Å². The molecular formula is C13H17BrFNO2. The van der Waals surface area contributed by atoms with E-state index in [1.807, 2.05) is 13.8 Å². The maximum Gasteiger partial charge on any atom is 0.251 e. The van der Waals surface area contributed by atoms with E-state index in [4.69, 9.17) is 0 Å². The van der Waals surface area contributed by atoms with Crippen molar-refractivity contribution in [3.05, 3.63) is 34.1 Å². The van der Waals surface area contributed by atoms with Crippen LogP contribution >= 0.6 is 15.9 Å². The van der Waals surface area contributed by atoms with Crippen LogP contribution in [0.1, 0.15) is 30.6 Å². The molecule has 2 N–H and O–H groups in total. The summed E-state index contributed by atoms with van der Waals surface area (Å²) in [5, 5.41) is 12.4. The summed E-state index contributed by atoms with van der Waals surface area (Å²) in [6.45, 7) is 4.10. The molecule has 0 fully saturated rings. The Bertz CT molecular complexity index is 425. The molecule has 0 radical (unpaired) electrons. The number of hydrogen-bond donors (Lipinski definition) is 2. The predicted octanol–water partition coefficient (Wildman–Crippen LogP) is 2.73. The molecule has 0 spiro atoms. The lowest BCUT2D eigenvalue weighted by Crippen LogP contribution is -2.35. The third-order valence-corrected chi connectivity index (χ3v) is 3.56. The van der Waals surface area contributed by atoms with Gasteiger partial charge < -0.3 is 10.4 Å². The van der Waals surface area contributed by atoms with Crippen LogP contribution in [0.2, 0.25) is 0 Å². The molecule has 0 heterocycles. The van der Waals surface area contributed by atoms with Crippen LogP contribution in [-0.4, -0.2) is 23.7 Å². The van der Waals surface area contributed by atoms with Gasteiger partial charge in [0.15, 0.2) is 0 Å². The zero-order valence-electron chi connectivity index (χ0n) is 10.4. The first-order valence-corrected chi connectivity index (χ1v) is 6.66. The number of amides is 1. The highest BCUT2D eigenvalue weighted by atomic mass is 79.9. The molecule has 1 rings (SSSR count). The topological polar surface area (TPSA) is 49.3 Å². The molecule has 2 unspecified atom stereocenters. The van der Waals surface area contributed by atoms with Gasteiger partial charge in [-0.05, 0) is 40.0 Å². The number of nitrogens with one attached hydrogen (secondary N) is 1. The van der Waals surface area contributed by atoms with Crippen molar-refractivity contribution in [3.63, 3.8) is 0 Å². The summed E-state index contributed by atoms with van der Waals surface area (Å²) in [6.07, 6.45) is 0.280. The molecule has 100 valence electrons. The van der Waals surface area contributed by atoms with Crippen LogP contribution in [0.3, 0.4) is 0 Å². The van der Waals surface area contributed by atoms with Gasteiger partial charge in [-0.25, -0.2) is 4.39 Å². The summed E-state index contributed by atoms with van der Waals surface area (Å²) in [5.41, 5.74) is 0.361. The molecule has 1 aromatic rings. The summed E-state index contributed by atoms with van der Waals surface area (Å²) in [4.78, 5) is 11.8. The fourth-order valence-corrected chi connectivity index (χ4v) is 1.79. The van der Waals surface area contributed by atoms with Crippen molar-refractivity contribution in [1.29, 1.82) is 0 Å². The van der Waals surface area contributed by atoms with E-state index in [2.05, 4.69) is 21.2 Å². The lowest BCUT2D eigenvalue weighted by Gasteiger charge is -2.17. The fourth-order valence-electron chi connectivity index (χ4n) is 1.41. The van der Waals surface area contributed by atoms with Crippen molar-refractivity contribution in [2.24, 2.45) is 5.92 Å². The summed E-state index contributed by atoms with van der Waals surface area (Å²) < 4.78 is 13.3. The largest absolute Gasteiger partial charge is 0.391 e. The normalized spacial score (nSPS) is 14.1. The number of carbonyl (C=O) groups is 1. The number of aliphatic hydroxyl groups excluding tert-OH is 1. The van der Waals surface area contributed by atoms with E-state index in [1.165, 1.54) is 18.2 Å². The second kappa shape index (κ2) is 6.85. The fraction of sp³-hybridized carbons (Fsp3) is 0.462.